The van der Waals surface area contributed by atoms with Gasteiger partial charge in [-0.2, -0.15) is 0 Å². The van der Waals surface area contributed by atoms with Gasteiger partial charge in [0.1, 0.15) is 6.10 Å². The van der Waals surface area contributed by atoms with Crippen molar-refractivity contribution in [1.29, 1.82) is 0 Å². The number of carbonyl (C=O) groups is 1. The van der Waals surface area contributed by atoms with Crippen molar-refractivity contribution in [2.24, 2.45) is 0 Å². The summed E-state index contributed by atoms with van der Waals surface area (Å²) in [5.74, 6) is 2.25. The van der Waals surface area contributed by atoms with Crippen LogP contribution in [0, 0.1) is 12.3 Å². The third kappa shape index (κ3) is 1.62. The minimum Gasteiger partial charge on any atom is -0.380 e. The Labute approximate surface area is 101 Å². The van der Waals surface area contributed by atoms with Gasteiger partial charge in [-0.15, -0.1) is 6.42 Å². The highest BCUT2D eigenvalue weighted by Gasteiger charge is 2.46. The summed E-state index contributed by atoms with van der Waals surface area (Å²) in [6.07, 6.45) is 4.54. The van der Waals surface area contributed by atoms with Crippen LogP contribution in [0.5, 0.6) is 0 Å². The number of anilines is 1. The third-order valence-electron chi connectivity index (χ3n) is 3.43. The maximum absolute atomic E-state index is 12.3. The lowest BCUT2D eigenvalue weighted by molar-refractivity contribution is -0.123. The highest BCUT2D eigenvalue weighted by atomic mass is 16.3. The normalized spacial score (nSPS) is 24.4. The summed E-state index contributed by atoms with van der Waals surface area (Å²) >= 11 is 0. The Balaban J connectivity index is 2.49. The molecular formula is C14H15NO2. The van der Waals surface area contributed by atoms with Crippen molar-refractivity contribution in [2.75, 3.05) is 11.9 Å². The van der Waals surface area contributed by atoms with Gasteiger partial charge in [0.05, 0.1) is 5.41 Å². The summed E-state index contributed by atoms with van der Waals surface area (Å²) in [5, 5.41) is 9.61. The average Bonchev–Trinajstić information content (AvgIpc) is 2.53. The van der Waals surface area contributed by atoms with Gasteiger partial charge in [0, 0.05) is 19.2 Å². The predicted molar refractivity (Wildman–Crippen MR) is 66.7 cm³/mol. The fourth-order valence-corrected chi connectivity index (χ4v) is 2.47. The molecule has 1 aliphatic heterocycles. The molecule has 0 bridgehead atoms. The van der Waals surface area contributed by atoms with Gasteiger partial charge in [-0.25, -0.2) is 0 Å². The van der Waals surface area contributed by atoms with E-state index in [1.807, 2.05) is 31.2 Å². The molecule has 0 aliphatic carbocycles. The number of para-hydroxylation sites is 1. The molecule has 1 aromatic carbocycles. The highest BCUT2D eigenvalue weighted by Crippen LogP contribution is 2.43. The molecule has 1 N–H and O–H groups in total. The molecule has 17 heavy (non-hydrogen) atoms. The summed E-state index contributed by atoms with van der Waals surface area (Å²) in [7, 11) is 1.74. The number of nitrogens with zero attached hydrogens (tertiary/aromatic N) is 1. The van der Waals surface area contributed by atoms with E-state index in [1.165, 1.54) is 0 Å². The highest BCUT2D eigenvalue weighted by molar-refractivity contribution is 6.07. The van der Waals surface area contributed by atoms with Crippen LogP contribution >= 0.6 is 0 Å². The largest absolute Gasteiger partial charge is 0.380 e. The van der Waals surface area contributed by atoms with Crippen LogP contribution in [-0.2, 0) is 10.2 Å². The molecule has 0 radical (unpaired) electrons. The van der Waals surface area contributed by atoms with E-state index in [1.54, 1.807) is 11.9 Å². The molecule has 1 aliphatic rings. The first-order valence-electron chi connectivity index (χ1n) is 5.52. The first-order valence-corrected chi connectivity index (χ1v) is 5.52. The zero-order valence-corrected chi connectivity index (χ0v) is 9.97. The van der Waals surface area contributed by atoms with Crippen molar-refractivity contribution in [3.8, 4) is 12.3 Å². The van der Waals surface area contributed by atoms with E-state index in [0.717, 1.165) is 11.3 Å². The Morgan fingerprint density at radius 2 is 2.18 bits per heavy atom. The second kappa shape index (κ2) is 3.90. The monoisotopic (exact) mass is 229 g/mol. The topological polar surface area (TPSA) is 40.5 Å². The molecule has 0 spiro atoms. The molecule has 0 fully saturated rings. The Morgan fingerprint density at radius 1 is 1.53 bits per heavy atom. The van der Waals surface area contributed by atoms with E-state index in [9.17, 15) is 9.90 Å². The number of carbonyl (C=O) groups excluding carboxylic acids is 1. The maximum atomic E-state index is 12.3. The van der Waals surface area contributed by atoms with Crippen molar-refractivity contribution in [3.63, 3.8) is 0 Å². The summed E-state index contributed by atoms with van der Waals surface area (Å²) in [5.41, 5.74) is 1.10. The first kappa shape index (κ1) is 11.7. The SMILES string of the molecule is C#CC(O)CC1(C)C(=O)N(C)c2ccccc21. The number of hydrogen-bond acceptors (Lipinski definition) is 2. The predicted octanol–water partition coefficient (Wildman–Crippen LogP) is 1.30. The van der Waals surface area contributed by atoms with Gasteiger partial charge in [-0.3, -0.25) is 4.79 Å². The Hall–Kier alpha value is -1.79. The Kier molecular flexibility index (Phi) is 2.68. The van der Waals surface area contributed by atoms with Crippen molar-refractivity contribution in [1.82, 2.24) is 0 Å². The van der Waals surface area contributed by atoms with Gasteiger partial charge in [0.15, 0.2) is 0 Å². The van der Waals surface area contributed by atoms with Crippen molar-refractivity contribution in [2.45, 2.75) is 24.9 Å². The van der Waals surface area contributed by atoms with Crippen LogP contribution in [0.25, 0.3) is 0 Å². The molecule has 2 rings (SSSR count). The lowest BCUT2D eigenvalue weighted by Crippen LogP contribution is -2.38. The van der Waals surface area contributed by atoms with E-state index >= 15 is 0 Å². The summed E-state index contributed by atoms with van der Waals surface area (Å²) < 4.78 is 0. The molecule has 3 nitrogen and oxygen atoms in total. The van der Waals surface area contributed by atoms with Gasteiger partial charge in [-0.05, 0) is 18.6 Å². The second-order valence-electron chi connectivity index (χ2n) is 4.60. The first-order chi connectivity index (χ1) is 8.00. The summed E-state index contributed by atoms with van der Waals surface area (Å²) in [6.45, 7) is 1.83. The number of terminal acetylenes is 1. The van der Waals surface area contributed by atoms with Crippen LogP contribution in [0.4, 0.5) is 5.69 Å². The fourth-order valence-electron chi connectivity index (χ4n) is 2.47. The fraction of sp³-hybridized carbons (Fsp3) is 0.357. The van der Waals surface area contributed by atoms with Gasteiger partial charge in [0.2, 0.25) is 5.91 Å². The number of aliphatic hydroxyl groups is 1. The molecule has 1 aromatic rings. The molecule has 2 atom stereocenters. The summed E-state index contributed by atoms with van der Waals surface area (Å²) in [6, 6.07) is 7.61. The lowest BCUT2D eigenvalue weighted by Gasteiger charge is -2.24. The molecular weight excluding hydrogens is 214 g/mol. The Bertz CT molecular complexity index is 503. The molecule has 1 heterocycles. The zero-order valence-electron chi connectivity index (χ0n) is 9.97. The van der Waals surface area contributed by atoms with E-state index in [-0.39, 0.29) is 12.3 Å². The molecule has 88 valence electrons. The standard InChI is InChI=1S/C14H15NO2/c1-4-10(16)9-14(2)11-7-5-6-8-12(11)15(3)13(14)17/h1,5-8,10,16H,9H2,2-3H3. The number of aliphatic hydroxyl groups excluding tert-OH is 1. The zero-order chi connectivity index (χ0) is 12.6. The number of benzene rings is 1. The van der Waals surface area contributed by atoms with Gasteiger partial charge in [-0.1, -0.05) is 24.1 Å². The second-order valence-corrected chi connectivity index (χ2v) is 4.60. The quantitative estimate of drug-likeness (QED) is 0.777. The minimum atomic E-state index is -0.900. The Morgan fingerprint density at radius 3 is 2.82 bits per heavy atom. The summed E-state index contributed by atoms with van der Waals surface area (Å²) in [4.78, 5) is 13.9. The number of fused-ring (bicyclic) bond motifs is 1. The molecule has 2 unspecified atom stereocenters. The van der Waals surface area contributed by atoms with Crippen LogP contribution in [0.2, 0.25) is 0 Å². The van der Waals surface area contributed by atoms with E-state index in [4.69, 9.17) is 6.42 Å². The number of hydrogen-bond donors (Lipinski definition) is 1. The van der Waals surface area contributed by atoms with Gasteiger partial charge in [0.25, 0.3) is 0 Å². The van der Waals surface area contributed by atoms with E-state index in [2.05, 4.69) is 5.92 Å². The smallest absolute Gasteiger partial charge is 0.237 e. The van der Waals surface area contributed by atoms with Crippen molar-refractivity contribution >= 4 is 11.6 Å². The maximum Gasteiger partial charge on any atom is 0.237 e. The van der Waals surface area contributed by atoms with E-state index in [0.29, 0.717) is 0 Å². The van der Waals surface area contributed by atoms with E-state index < -0.39 is 11.5 Å². The lowest BCUT2D eigenvalue weighted by atomic mass is 9.79. The van der Waals surface area contributed by atoms with Crippen LogP contribution in [-0.4, -0.2) is 24.2 Å². The van der Waals surface area contributed by atoms with Crippen molar-refractivity contribution in [3.05, 3.63) is 29.8 Å². The molecule has 0 aromatic heterocycles. The molecule has 1 amide bonds. The van der Waals surface area contributed by atoms with Crippen LogP contribution in [0.1, 0.15) is 18.9 Å². The van der Waals surface area contributed by atoms with Crippen LogP contribution in [0.15, 0.2) is 24.3 Å². The number of amides is 1. The minimum absolute atomic E-state index is 0.0204. The molecule has 0 saturated heterocycles. The molecule has 3 heteroatoms. The third-order valence-corrected chi connectivity index (χ3v) is 3.43. The van der Waals surface area contributed by atoms with Crippen LogP contribution < -0.4 is 4.90 Å². The van der Waals surface area contributed by atoms with Gasteiger partial charge >= 0.3 is 0 Å². The van der Waals surface area contributed by atoms with Crippen LogP contribution in [0.3, 0.4) is 0 Å². The van der Waals surface area contributed by atoms with Gasteiger partial charge < -0.3 is 10.0 Å². The number of rotatable bonds is 2. The average molecular weight is 229 g/mol. The number of likely N-dealkylation sites (N-methyl/N-ethyl adjacent to an activating group) is 1. The molecule has 0 saturated carbocycles. The van der Waals surface area contributed by atoms with Crippen molar-refractivity contribution < 1.29 is 9.90 Å².